The van der Waals surface area contributed by atoms with Gasteiger partial charge in [0.1, 0.15) is 18.1 Å². The summed E-state index contributed by atoms with van der Waals surface area (Å²) in [6, 6.07) is 18.4. The van der Waals surface area contributed by atoms with Gasteiger partial charge in [-0.3, -0.25) is 9.59 Å². The van der Waals surface area contributed by atoms with Crippen LogP contribution in [0, 0.1) is 17.2 Å². The summed E-state index contributed by atoms with van der Waals surface area (Å²) in [7, 11) is 0. The fourth-order valence-corrected chi connectivity index (χ4v) is 4.36. The molecule has 9 nitrogen and oxygen atoms in total. The second-order valence-electron chi connectivity index (χ2n) is 8.27. The van der Waals surface area contributed by atoms with Gasteiger partial charge in [-0.15, -0.1) is 0 Å². The number of cyclic esters (lactones) is 2. The predicted molar refractivity (Wildman–Crippen MR) is 118 cm³/mol. The van der Waals surface area contributed by atoms with Crippen molar-refractivity contribution in [1.82, 2.24) is 9.80 Å². The Hall–Kier alpha value is -4.19. The second-order valence-corrected chi connectivity index (χ2v) is 8.27. The van der Waals surface area contributed by atoms with E-state index in [9.17, 15) is 24.4 Å². The molecule has 0 radical (unpaired) electrons. The van der Waals surface area contributed by atoms with Crippen molar-refractivity contribution in [1.29, 1.82) is 5.26 Å². The number of hydrogen-bond donors (Lipinski definition) is 0. The normalized spacial score (nSPS) is 24.9. The number of nitriles is 1. The monoisotopic (exact) mass is 461 g/mol. The van der Waals surface area contributed by atoms with E-state index in [4.69, 9.17) is 9.47 Å². The molecule has 1 unspecified atom stereocenters. The lowest BCUT2D eigenvalue weighted by molar-refractivity contribution is -0.137. The molecule has 2 saturated heterocycles. The Labute approximate surface area is 196 Å². The molecular weight excluding hydrogens is 438 g/mol. The van der Waals surface area contributed by atoms with Gasteiger partial charge in [-0.2, -0.15) is 5.26 Å². The van der Waals surface area contributed by atoms with Crippen molar-refractivity contribution in [2.75, 3.05) is 0 Å². The molecule has 174 valence electrons. The minimum atomic E-state index is -1.47. The van der Waals surface area contributed by atoms with Gasteiger partial charge in [0.2, 0.25) is 11.8 Å². The molecule has 0 aromatic heterocycles. The Kier molecular flexibility index (Phi) is 6.32. The number of imide groups is 2. The zero-order valence-corrected chi connectivity index (χ0v) is 18.7. The fourth-order valence-electron chi connectivity index (χ4n) is 4.36. The number of amides is 4. The van der Waals surface area contributed by atoms with E-state index in [1.807, 2.05) is 12.1 Å². The number of benzene rings is 2. The van der Waals surface area contributed by atoms with Gasteiger partial charge in [-0.1, -0.05) is 60.7 Å². The molecule has 0 N–H and O–H groups in total. The number of nitrogens with zero attached hydrogens (tertiary/aromatic N) is 3. The first-order valence-electron chi connectivity index (χ1n) is 10.9. The molecule has 4 amide bonds. The third kappa shape index (κ3) is 4.10. The first-order chi connectivity index (χ1) is 16.3. The van der Waals surface area contributed by atoms with E-state index in [1.54, 1.807) is 68.4 Å². The van der Waals surface area contributed by atoms with Crippen molar-refractivity contribution >= 4 is 24.0 Å². The maximum Gasteiger partial charge on any atom is 0.417 e. The summed E-state index contributed by atoms with van der Waals surface area (Å²) in [4.78, 5) is 52.8. The van der Waals surface area contributed by atoms with Crippen molar-refractivity contribution in [2.45, 2.75) is 44.6 Å². The molecule has 2 aliphatic heterocycles. The van der Waals surface area contributed by atoms with Gasteiger partial charge in [0.15, 0.2) is 0 Å². The first kappa shape index (κ1) is 23.0. The van der Waals surface area contributed by atoms with Gasteiger partial charge < -0.3 is 9.47 Å². The zero-order valence-electron chi connectivity index (χ0n) is 18.7. The Morgan fingerprint density at radius 3 is 1.76 bits per heavy atom. The van der Waals surface area contributed by atoms with Crippen LogP contribution in [0.4, 0.5) is 9.59 Å². The highest BCUT2D eigenvalue weighted by Crippen LogP contribution is 2.35. The SMILES string of the molecule is C[C@@H]1[C@H](c2ccccc2)OC(=O)N1C(=O)CC(C#N)C(=O)N1C(=O)O[C@@H](c2ccccc2)[C@H]1C. The van der Waals surface area contributed by atoms with Gasteiger partial charge in [0, 0.05) is 0 Å². The van der Waals surface area contributed by atoms with Crippen LogP contribution in [0.3, 0.4) is 0 Å². The maximum absolute atomic E-state index is 13.1. The lowest BCUT2D eigenvalue weighted by atomic mass is 9.99. The number of carbonyl (C=O) groups is 4. The molecule has 4 rings (SSSR count). The highest BCUT2D eigenvalue weighted by molar-refractivity contribution is 6.00. The molecule has 2 aromatic carbocycles. The molecule has 2 heterocycles. The van der Waals surface area contributed by atoms with E-state index in [-0.39, 0.29) is 0 Å². The van der Waals surface area contributed by atoms with E-state index in [2.05, 4.69) is 0 Å². The Bertz CT molecular complexity index is 1150. The highest BCUT2D eigenvalue weighted by Gasteiger charge is 2.48. The van der Waals surface area contributed by atoms with Crippen molar-refractivity contribution in [3.8, 4) is 6.07 Å². The van der Waals surface area contributed by atoms with Gasteiger partial charge in [-0.25, -0.2) is 19.4 Å². The van der Waals surface area contributed by atoms with E-state index in [1.165, 1.54) is 0 Å². The van der Waals surface area contributed by atoms with Crippen molar-refractivity contribution in [3.63, 3.8) is 0 Å². The molecule has 2 aromatic rings. The number of hydrogen-bond acceptors (Lipinski definition) is 7. The maximum atomic E-state index is 13.1. The Balaban J connectivity index is 1.47. The summed E-state index contributed by atoms with van der Waals surface area (Å²) >= 11 is 0. The summed E-state index contributed by atoms with van der Waals surface area (Å²) in [6.45, 7) is 3.30. The highest BCUT2D eigenvalue weighted by atomic mass is 16.6. The van der Waals surface area contributed by atoms with Crippen LogP contribution < -0.4 is 0 Å². The smallest absolute Gasteiger partial charge is 0.417 e. The summed E-state index contributed by atoms with van der Waals surface area (Å²) in [5.74, 6) is -3.03. The van der Waals surface area contributed by atoms with Gasteiger partial charge in [-0.05, 0) is 25.0 Å². The lowest BCUT2D eigenvalue weighted by Crippen LogP contribution is -2.44. The minimum absolute atomic E-state index is 0.567. The number of rotatable bonds is 5. The zero-order chi connectivity index (χ0) is 24.4. The van der Waals surface area contributed by atoms with E-state index in [0.29, 0.717) is 5.56 Å². The number of ether oxygens (including phenoxy) is 2. The Morgan fingerprint density at radius 2 is 1.29 bits per heavy atom. The van der Waals surface area contributed by atoms with Gasteiger partial charge >= 0.3 is 12.2 Å². The van der Waals surface area contributed by atoms with Crippen LogP contribution in [0.25, 0.3) is 0 Å². The average Bonchev–Trinajstić information content (AvgIpc) is 3.32. The molecule has 0 spiro atoms. The molecule has 0 bridgehead atoms. The van der Waals surface area contributed by atoms with Crippen molar-refractivity contribution in [3.05, 3.63) is 71.8 Å². The van der Waals surface area contributed by atoms with E-state index >= 15 is 0 Å². The van der Waals surface area contributed by atoms with Crippen molar-refractivity contribution in [2.24, 2.45) is 5.92 Å². The predicted octanol–water partition coefficient (Wildman–Crippen LogP) is 3.73. The summed E-state index contributed by atoms with van der Waals surface area (Å²) in [5.41, 5.74) is 1.44. The second kappa shape index (κ2) is 9.35. The third-order valence-corrected chi connectivity index (χ3v) is 6.13. The van der Waals surface area contributed by atoms with Crippen LogP contribution in [0.2, 0.25) is 0 Å². The Morgan fingerprint density at radius 1 is 0.853 bits per heavy atom. The standard InChI is InChI=1S/C25H23N3O6/c1-15-21(17-9-5-3-6-10-17)33-24(31)27(15)20(29)13-19(14-26)23(30)28-16(2)22(34-25(28)32)18-11-7-4-8-12-18/h3-12,15-16,19,21-22H,13H2,1-2H3/t15-,16-,19?,21-,22-/m1/s1. The first-order valence-corrected chi connectivity index (χ1v) is 10.9. The molecule has 2 aliphatic rings. The molecule has 9 heteroatoms. The fraction of sp³-hybridized carbons (Fsp3) is 0.320. The van der Waals surface area contributed by atoms with Crippen LogP contribution in [0.5, 0.6) is 0 Å². The molecule has 0 aliphatic carbocycles. The minimum Gasteiger partial charge on any atom is -0.439 e. The molecule has 34 heavy (non-hydrogen) atoms. The average molecular weight is 461 g/mol. The van der Waals surface area contributed by atoms with Crippen LogP contribution >= 0.6 is 0 Å². The quantitative estimate of drug-likeness (QED) is 0.666. The lowest BCUT2D eigenvalue weighted by Gasteiger charge is -2.23. The van der Waals surface area contributed by atoms with Gasteiger partial charge in [0.25, 0.3) is 0 Å². The van der Waals surface area contributed by atoms with Crippen LogP contribution in [-0.4, -0.2) is 45.9 Å². The third-order valence-electron chi connectivity index (χ3n) is 6.13. The van der Waals surface area contributed by atoms with Gasteiger partial charge in [0.05, 0.1) is 24.6 Å². The molecule has 2 fully saturated rings. The molecular formula is C25H23N3O6. The van der Waals surface area contributed by atoms with Crippen LogP contribution in [-0.2, 0) is 19.1 Å². The largest absolute Gasteiger partial charge is 0.439 e. The summed E-state index contributed by atoms with van der Waals surface area (Å²) < 4.78 is 10.8. The van der Waals surface area contributed by atoms with Crippen LogP contribution in [0.15, 0.2) is 60.7 Å². The van der Waals surface area contributed by atoms with E-state index < -0.39 is 60.6 Å². The number of carbonyl (C=O) groups excluding carboxylic acids is 4. The molecule has 5 atom stereocenters. The summed E-state index contributed by atoms with van der Waals surface area (Å²) in [5, 5.41) is 9.63. The van der Waals surface area contributed by atoms with Crippen molar-refractivity contribution < 1.29 is 28.7 Å². The molecule has 0 saturated carbocycles. The topological polar surface area (TPSA) is 117 Å². The van der Waals surface area contributed by atoms with E-state index in [0.717, 1.165) is 15.4 Å². The van der Waals surface area contributed by atoms with Crippen LogP contribution in [0.1, 0.15) is 43.6 Å². The summed E-state index contributed by atoms with van der Waals surface area (Å²) in [6.07, 6.45) is -3.63.